The van der Waals surface area contributed by atoms with Crippen LogP contribution in [0, 0.1) is 0 Å². The molecule has 0 rings (SSSR count). The van der Waals surface area contributed by atoms with E-state index in [-0.39, 0.29) is 0 Å². The van der Waals surface area contributed by atoms with Crippen LogP contribution >= 0.6 is 47.3 Å². The summed E-state index contributed by atoms with van der Waals surface area (Å²) in [5.74, 6) is 0. The Kier molecular flexibility index (Phi) is 3.96. The van der Waals surface area contributed by atoms with Gasteiger partial charge in [0.1, 0.15) is 0 Å². The summed E-state index contributed by atoms with van der Waals surface area (Å²) in [6.45, 7) is 0. The quantitative estimate of drug-likeness (QED) is 0.515. The monoisotopic (exact) mass is 310 g/mol. The van der Waals surface area contributed by atoms with Crippen LogP contribution in [-0.4, -0.2) is 14.4 Å². The van der Waals surface area contributed by atoms with Crippen molar-refractivity contribution in [3.63, 3.8) is 0 Å². The molecule has 0 fully saturated rings. The molecule has 0 aliphatic carbocycles. The molecule has 0 unspecified atom stereocenters. The summed E-state index contributed by atoms with van der Waals surface area (Å²) >= 11 is 10.4. The summed E-state index contributed by atoms with van der Waals surface area (Å²) in [6, 6.07) is 0. The topological polar surface area (TPSA) is 0 Å². The van der Waals surface area contributed by atoms with Gasteiger partial charge < -0.3 is 0 Å². The minimum absolute atomic E-state index is 0.380. The van der Waals surface area contributed by atoms with E-state index in [0.717, 1.165) is 0 Å². The van der Waals surface area contributed by atoms with E-state index in [1.807, 2.05) is 0 Å². The summed E-state index contributed by atoms with van der Waals surface area (Å²) in [5, 5.41) is 0. The van der Waals surface area contributed by atoms with Crippen molar-refractivity contribution in [2.45, 2.75) is 0 Å². The highest BCUT2D eigenvalue weighted by atomic mass is 79.9. The van der Waals surface area contributed by atoms with Crippen molar-refractivity contribution in [3.8, 4) is 0 Å². The third kappa shape index (κ3) is 4.36. The predicted molar refractivity (Wildman–Crippen MR) is 51.7 cm³/mol. The number of halogens is 3. The van der Waals surface area contributed by atoms with Crippen LogP contribution < -0.4 is 0 Å². The van der Waals surface area contributed by atoms with Gasteiger partial charge in [-0.2, -0.15) is 10.7 Å². The molecule has 0 spiro atoms. The van der Waals surface area contributed by atoms with Gasteiger partial charge in [-0.25, -0.2) is 0 Å². The summed E-state index contributed by atoms with van der Waals surface area (Å²) in [7, 11) is 0.380. The fourth-order valence-electron chi connectivity index (χ4n) is 0. The maximum absolute atomic E-state index is 3.45. The van der Waals surface area contributed by atoms with Crippen LogP contribution in [0.2, 0.25) is 0 Å². The molecular weight excluding hydrogens is 307 g/mol. The first-order valence-electron chi connectivity index (χ1n) is 1.71. The van der Waals surface area contributed by atoms with Crippen molar-refractivity contribution in [2.24, 2.45) is 0 Å². The highest BCUT2D eigenvalue weighted by Crippen LogP contribution is 2.32. The minimum Gasteiger partial charge on any atom is -0.258 e. The molecule has 0 amide bonds. The van der Waals surface area contributed by atoms with Crippen LogP contribution in [0.4, 0.5) is 0 Å². The molecule has 0 aromatic rings. The minimum atomic E-state index is -0.590. The molecule has 0 saturated heterocycles. The summed E-state index contributed by atoms with van der Waals surface area (Å²) in [6.07, 6.45) is 4.33. The molecule has 0 aromatic heterocycles. The summed E-state index contributed by atoms with van der Waals surface area (Å²) in [5.41, 5.74) is 0. The van der Waals surface area contributed by atoms with E-state index < -0.39 is 1.90 Å². The van der Waals surface area contributed by atoms with Crippen molar-refractivity contribution in [3.05, 3.63) is 0 Å². The van der Waals surface area contributed by atoms with Gasteiger partial charge in [0.05, 0.1) is 12.5 Å². The Morgan fingerprint density at radius 2 is 1.29 bits per heavy atom. The molecule has 5 heteroatoms. The second kappa shape index (κ2) is 3.13. The number of rotatable bonds is 1. The number of hydrogen-bond donors (Lipinski definition) is 0. The Balaban J connectivity index is 3.54. The molecular formula is C2H6BBr3S. The first-order valence-corrected chi connectivity index (χ1v) is 6.56. The second-order valence-electron chi connectivity index (χ2n) is 1.39. The van der Waals surface area contributed by atoms with Gasteiger partial charge in [0.2, 0.25) is 0 Å². The van der Waals surface area contributed by atoms with E-state index in [1.165, 1.54) is 0 Å². The van der Waals surface area contributed by atoms with Gasteiger partial charge in [-0.1, -0.05) is 0 Å². The van der Waals surface area contributed by atoms with E-state index in [1.54, 1.807) is 0 Å². The largest absolute Gasteiger partial charge is 0.401 e. The normalized spacial score (nSPS) is 12.9. The fraction of sp³-hybridized carbons (Fsp3) is 1.00. The predicted octanol–water partition coefficient (Wildman–Crippen LogP) is 2.48. The van der Waals surface area contributed by atoms with Crippen LogP contribution in [0.15, 0.2) is 0 Å². The molecule has 0 radical (unpaired) electrons. The molecule has 44 valence electrons. The molecule has 7 heavy (non-hydrogen) atoms. The standard InChI is InChI=1S/C2H6BBr3S/c1-7(2)3(4,5)6/h1-2H3. The molecule has 0 saturated carbocycles. The molecule has 0 aromatic carbocycles. The maximum Gasteiger partial charge on any atom is 0.401 e. The average molecular weight is 313 g/mol. The lowest BCUT2D eigenvalue weighted by Crippen LogP contribution is -2.20. The van der Waals surface area contributed by atoms with Crippen molar-refractivity contribution >= 4 is 59.9 Å². The molecule has 0 heterocycles. The molecule has 0 aliphatic heterocycles. The van der Waals surface area contributed by atoms with Gasteiger partial charge in [0, 0.05) is 0 Å². The van der Waals surface area contributed by atoms with Gasteiger partial charge in [0.15, 0.2) is 0 Å². The third-order valence-corrected chi connectivity index (χ3v) is 8.33. The third-order valence-electron chi connectivity index (χ3n) is 0.535. The summed E-state index contributed by atoms with van der Waals surface area (Å²) in [4.78, 5) is 0. The van der Waals surface area contributed by atoms with E-state index in [9.17, 15) is 0 Å². The average Bonchev–Trinajstić information content (AvgIpc) is 1.31. The van der Waals surface area contributed by atoms with Crippen LogP contribution in [0.5, 0.6) is 0 Å². The van der Waals surface area contributed by atoms with Crippen LogP contribution in [-0.2, 0) is 10.7 Å². The zero-order valence-corrected chi connectivity index (χ0v) is 9.69. The SMILES string of the molecule is C[S+](C)[B-](Br)(Br)Br. The van der Waals surface area contributed by atoms with E-state index >= 15 is 0 Å². The molecule has 0 bridgehead atoms. The Morgan fingerprint density at radius 1 is 1.14 bits per heavy atom. The van der Waals surface area contributed by atoms with E-state index in [0.29, 0.717) is 10.7 Å². The van der Waals surface area contributed by atoms with Crippen LogP contribution in [0.1, 0.15) is 0 Å². The van der Waals surface area contributed by atoms with Gasteiger partial charge in [-0.15, -0.1) is 0 Å². The zero-order chi connectivity index (χ0) is 6.08. The Morgan fingerprint density at radius 3 is 1.29 bits per heavy atom. The van der Waals surface area contributed by atoms with Gasteiger partial charge in [-0.05, 0) is 0 Å². The Hall–Kier alpha value is 1.85. The fourth-order valence-corrected chi connectivity index (χ4v) is 0. The van der Waals surface area contributed by atoms with Crippen LogP contribution in [0.3, 0.4) is 0 Å². The summed E-state index contributed by atoms with van der Waals surface area (Å²) < 4.78 is -0.590. The van der Waals surface area contributed by atoms with Gasteiger partial charge >= 0.3 is 1.90 Å². The first kappa shape index (κ1) is 8.85. The van der Waals surface area contributed by atoms with Gasteiger partial charge in [0.25, 0.3) is 0 Å². The molecule has 0 nitrogen and oxygen atoms in total. The molecule has 0 aliphatic rings. The lowest BCUT2D eigenvalue weighted by Gasteiger charge is -2.15. The highest BCUT2D eigenvalue weighted by molar-refractivity contribution is 9.78. The van der Waals surface area contributed by atoms with Crippen molar-refractivity contribution < 1.29 is 0 Å². The lowest BCUT2D eigenvalue weighted by atomic mass is 10.7. The smallest absolute Gasteiger partial charge is 0.258 e. The highest BCUT2D eigenvalue weighted by Gasteiger charge is 2.25. The van der Waals surface area contributed by atoms with Crippen molar-refractivity contribution in [1.29, 1.82) is 0 Å². The lowest BCUT2D eigenvalue weighted by molar-refractivity contribution is 2.33. The Labute approximate surface area is 71.9 Å². The van der Waals surface area contributed by atoms with Crippen LogP contribution in [0.25, 0.3) is 0 Å². The van der Waals surface area contributed by atoms with Crippen molar-refractivity contribution in [2.75, 3.05) is 12.5 Å². The molecule has 0 atom stereocenters. The number of hydrogen-bond acceptors (Lipinski definition) is 0. The van der Waals surface area contributed by atoms with Crippen molar-refractivity contribution in [1.82, 2.24) is 0 Å². The Bertz CT molecular complexity index is 58.4. The van der Waals surface area contributed by atoms with E-state index in [2.05, 4.69) is 59.8 Å². The van der Waals surface area contributed by atoms with Gasteiger partial charge in [-0.3, -0.25) is 47.3 Å². The zero-order valence-electron chi connectivity index (χ0n) is 4.12. The second-order valence-corrected chi connectivity index (χ2v) is 13.5. The maximum atomic E-state index is 3.45. The first-order chi connectivity index (χ1) is 2.94. The van der Waals surface area contributed by atoms with E-state index in [4.69, 9.17) is 0 Å². The molecule has 0 N–H and O–H groups in total.